The smallest absolute Gasteiger partial charge is 0.259 e. The van der Waals surface area contributed by atoms with E-state index in [2.05, 4.69) is 5.16 Å². The number of amides is 1. The lowest BCUT2D eigenvalue weighted by atomic mass is 10.0. The fourth-order valence-corrected chi connectivity index (χ4v) is 2.44. The first-order valence-corrected chi connectivity index (χ1v) is 7.08. The van der Waals surface area contributed by atoms with Gasteiger partial charge in [-0.2, -0.15) is 0 Å². The summed E-state index contributed by atoms with van der Waals surface area (Å²) in [6.45, 7) is 6.47. The zero-order valence-corrected chi connectivity index (χ0v) is 12.9. The maximum absolute atomic E-state index is 14.1. The van der Waals surface area contributed by atoms with Gasteiger partial charge in [-0.25, -0.2) is 4.39 Å². The lowest BCUT2D eigenvalue weighted by Crippen LogP contribution is -2.31. The largest absolute Gasteiger partial charge is 0.360 e. The van der Waals surface area contributed by atoms with Crippen LogP contribution in [0, 0.1) is 12.7 Å². The van der Waals surface area contributed by atoms with Crippen molar-refractivity contribution in [3.63, 3.8) is 0 Å². The Bertz CT molecular complexity index is 645. The van der Waals surface area contributed by atoms with Crippen LogP contribution >= 0.6 is 11.6 Å². The Morgan fingerprint density at radius 1 is 1.38 bits per heavy atom. The molecule has 0 radical (unpaired) electrons. The minimum Gasteiger partial charge on any atom is -0.360 e. The highest BCUT2D eigenvalue weighted by atomic mass is 35.5. The van der Waals surface area contributed by atoms with Crippen LogP contribution in [0.5, 0.6) is 0 Å². The highest BCUT2D eigenvalue weighted by molar-refractivity contribution is 6.33. The minimum atomic E-state index is -0.538. The van der Waals surface area contributed by atoms with E-state index in [4.69, 9.17) is 16.1 Å². The molecule has 6 heteroatoms. The van der Waals surface area contributed by atoms with Crippen molar-refractivity contribution in [2.24, 2.45) is 0 Å². The molecular formula is C15H16ClFN2O2. The van der Waals surface area contributed by atoms with Gasteiger partial charge in [0.1, 0.15) is 22.8 Å². The van der Waals surface area contributed by atoms with Gasteiger partial charge in [0, 0.05) is 13.1 Å². The summed E-state index contributed by atoms with van der Waals surface area (Å²) in [7, 11) is 0. The molecule has 1 heterocycles. The number of carbonyl (C=O) groups is 1. The molecule has 0 saturated heterocycles. The standard InChI is InChI=1S/C15H16ClFN2O2/c1-4-19(5-2)15(20)12-9(3)21-18-14(12)13-10(16)7-6-8-11(13)17/h6-8H,4-5H2,1-3H3. The summed E-state index contributed by atoms with van der Waals surface area (Å²) in [6.07, 6.45) is 0. The van der Waals surface area contributed by atoms with Gasteiger partial charge in [0.25, 0.3) is 5.91 Å². The molecule has 1 aromatic carbocycles. The van der Waals surface area contributed by atoms with E-state index in [0.29, 0.717) is 18.8 Å². The number of nitrogens with zero attached hydrogens (tertiary/aromatic N) is 2. The van der Waals surface area contributed by atoms with Gasteiger partial charge in [-0.15, -0.1) is 0 Å². The molecule has 2 aromatic rings. The van der Waals surface area contributed by atoms with Crippen molar-refractivity contribution in [3.05, 3.63) is 40.4 Å². The molecule has 2 rings (SSSR count). The Labute approximate surface area is 127 Å². The average Bonchev–Trinajstić information content (AvgIpc) is 2.81. The van der Waals surface area contributed by atoms with Gasteiger partial charge in [0.05, 0.1) is 10.6 Å². The normalized spacial score (nSPS) is 10.7. The summed E-state index contributed by atoms with van der Waals surface area (Å²) in [5.41, 5.74) is 0.490. The molecule has 0 N–H and O–H groups in total. The SMILES string of the molecule is CCN(CC)C(=O)c1c(-c2c(F)cccc2Cl)noc1C. The third-order valence-corrected chi connectivity index (χ3v) is 3.64. The van der Waals surface area contributed by atoms with E-state index < -0.39 is 5.82 Å². The number of hydrogen-bond donors (Lipinski definition) is 0. The predicted octanol–water partition coefficient (Wildman–Crippen LogP) is 3.92. The van der Waals surface area contributed by atoms with Gasteiger partial charge in [0.2, 0.25) is 0 Å². The zero-order valence-electron chi connectivity index (χ0n) is 12.1. The molecule has 0 unspecified atom stereocenters. The van der Waals surface area contributed by atoms with Crippen LogP contribution in [0.4, 0.5) is 4.39 Å². The molecule has 21 heavy (non-hydrogen) atoms. The third-order valence-electron chi connectivity index (χ3n) is 3.33. The van der Waals surface area contributed by atoms with Crippen LogP contribution in [0.25, 0.3) is 11.3 Å². The molecule has 0 spiro atoms. The lowest BCUT2D eigenvalue weighted by Gasteiger charge is -2.18. The van der Waals surface area contributed by atoms with Crippen molar-refractivity contribution in [1.29, 1.82) is 0 Å². The summed E-state index contributed by atoms with van der Waals surface area (Å²) < 4.78 is 19.2. The van der Waals surface area contributed by atoms with Crippen LogP contribution in [0.2, 0.25) is 5.02 Å². The Hall–Kier alpha value is -1.88. The van der Waals surface area contributed by atoms with Crippen LogP contribution in [0.3, 0.4) is 0 Å². The topological polar surface area (TPSA) is 46.3 Å². The van der Waals surface area contributed by atoms with Crippen LogP contribution in [0.15, 0.2) is 22.7 Å². The molecular weight excluding hydrogens is 295 g/mol. The fraction of sp³-hybridized carbons (Fsp3) is 0.333. The first-order chi connectivity index (χ1) is 10.0. The van der Waals surface area contributed by atoms with E-state index in [1.807, 2.05) is 13.8 Å². The number of rotatable bonds is 4. The van der Waals surface area contributed by atoms with Gasteiger partial charge in [-0.3, -0.25) is 4.79 Å². The maximum atomic E-state index is 14.1. The molecule has 0 aliphatic heterocycles. The fourth-order valence-electron chi connectivity index (χ4n) is 2.19. The van der Waals surface area contributed by atoms with E-state index in [1.54, 1.807) is 17.9 Å². The van der Waals surface area contributed by atoms with E-state index >= 15 is 0 Å². The van der Waals surface area contributed by atoms with Crippen molar-refractivity contribution in [3.8, 4) is 11.3 Å². The molecule has 1 aromatic heterocycles. The Kier molecular flexibility index (Phi) is 4.63. The summed E-state index contributed by atoms with van der Waals surface area (Å²) in [5, 5.41) is 4.02. The Balaban J connectivity index is 2.61. The molecule has 1 amide bonds. The lowest BCUT2D eigenvalue weighted by molar-refractivity contribution is 0.0772. The number of carbonyl (C=O) groups excluding carboxylic acids is 1. The quantitative estimate of drug-likeness (QED) is 0.859. The van der Waals surface area contributed by atoms with Crippen LogP contribution in [-0.4, -0.2) is 29.1 Å². The van der Waals surface area contributed by atoms with E-state index in [-0.39, 0.29) is 27.8 Å². The van der Waals surface area contributed by atoms with Gasteiger partial charge in [0.15, 0.2) is 0 Å². The molecule has 4 nitrogen and oxygen atoms in total. The van der Waals surface area contributed by atoms with Crippen molar-refractivity contribution in [1.82, 2.24) is 10.1 Å². The van der Waals surface area contributed by atoms with Crippen molar-refractivity contribution in [2.45, 2.75) is 20.8 Å². The molecule has 0 saturated carbocycles. The van der Waals surface area contributed by atoms with Gasteiger partial charge in [-0.1, -0.05) is 22.8 Å². The first kappa shape index (κ1) is 15.5. The van der Waals surface area contributed by atoms with E-state index in [0.717, 1.165) is 0 Å². The second kappa shape index (κ2) is 6.26. The molecule has 0 bridgehead atoms. The van der Waals surface area contributed by atoms with Gasteiger partial charge < -0.3 is 9.42 Å². The van der Waals surface area contributed by atoms with E-state index in [9.17, 15) is 9.18 Å². The van der Waals surface area contributed by atoms with Gasteiger partial charge >= 0.3 is 0 Å². The molecule has 112 valence electrons. The summed E-state index contributed by atoms with van der Waals surface area (Å²) in [6, 6.07) is 4.33. The summed E-state index contributed by atoms with van der Waals surface area (Å²) in [4.78, 5) is 14.2. The molecule has 0 aliphatic rings. The minimum absolute atomic E-state index is 0.0894. The third kappa shape index (κ3) is 2.78. The van der Waals surface area contributed by atoms with Crippen molar-refractivity contribution in [2.75, 3.05) is 13.1 Å². The maximum Gasteiger partial charge on any atom is 0.259 e. The Morgan fingerprint density at radius 2 is 2.05 bits per heavy atom. The van der Waals surface area contributed by atoms with Crippen molar-refractivity contribution >= 4 is 17.5 Å². The first-order valence-electron chi connectivity index (χ1n) is 6.71. The Morgan fingerprint density at radius 3 is 2.62 bits per heavy atom. The van der Waals surface area contributed by atoms with E-state index in [1.165, 1.54) is 12.1 Å². The zero-order chi connectivity index (χ0) is 15.6. The molecule has 0 aliphatic carbocycles. The number of aryl methyl sites for hydroxylation is 1. The summed E-state index contributed by atoms with van der Waals surface area (Å²) >= 11 is 6.05. The van der Waals surface area contributed by atoms with Crippen LogP contribution in [-0.2, 0) is 0 Å². The van der Waals surface area contributed by atoms with Crippen LogP contribution in [0.1, 0.15) is 30.0 Å². The second-order valence-corrected chi connectivity index (χ2v) is 4.94. The molecule has 0 fully saturated rings. The number of halogens is 2. The predicted molar refractivity (Wildman–Crippen MR) is 78.9 cm³/mol. The molecule has 0 atom stereocenters. The average molecular weight is 311 g/mol. The van der Waals surface area contributed by atoms with Crippen LogP contribution < -0.4 is 0 Å². The number of hydrogen-bond acceptors (Lipinski definition) is 3. The number of aromatic nitrogens is 1. The second-order valence-electron chi connectivity index (χ2n) is 4.54. The summed E-state index contributed by atoms with van der Waals surface area (Å²) in [5.74, 6) is -0.432. The highest BCUT2D eigenvalue weighted by Crippen LogP contribution is 2.33. The van der Waals surface area contributed by atoms with Crippen molar-refractivity contribution < 1.29 is 13.7 Å². The number of benzene rings is 1. The monoisotopic (exact) mass is 310 g/mol. The highest BCUT2D eigenvalue weighted by Gasteiger charge is 2.27. The van der Waals surface area contributed by atoms with Gasteiger partial charge in [-0.05, 0) is 32.9 Å².